The topological polar surface area (TPSA) is 106 Å². The number of fused-ring (bicyclic) bond motifs is 1. The number of halogens is 2. The second kappa shape index (κ2) is 6.61. The Morgan fingerprint density at radius 3 is 2.76 bits per heavy atom. The maximum atomic E-state index is 14.4. The summed E-state index contributed by atoms with van der Waals surface area (Å²) in [4.78, 5) is 14.7. The number of anilines is 1. The van der Waals surface area contributed by atoms with Crippen LogP contribution in [0.4, 0.5) is 10.2 Å². The molecule has 2 saturated heterocycles. The number of nitrogens with zero attached hydrogens (tertiary/aromatic N) is 5. The van der Waals surface area contributed by atoms with Gasteiger partial charge in [-0.25, -0.2) is 9.37 Å². The lowest BCUT2D eigenvalue weighted by Gasteiger charge is -2.27. The summed E-state index contributed by atoms with van der Waals surface area (Å²) in [6.07, 6.45) is -3.93. The Morgan fingerprint density at radius 1 is 1.32 bits per heavy atom. The van der Waals surface area contributed by atoms with Gasteiger partial charge in [0.2, 0.25) is 5.28 Å². The van der Waals surface area contributed by atoms with Crippen LogP contribution in [0.15, 0.2) is 6.33 Å². The van der Waals surface area contributed by atoms with E-state index >= 15 is 0 Å². The van der Waals surface area contributed by atoms with Gasteiger partial charge in [-0.1, -0.05) is 0 Å². The molecule has 4 heterocycles. The largest absolute Gasteiger partial charge is 0.394 e. The Hall–Kier alpha value is -1.59. The van der Waals surface area contributed by atoms with E-state index in [1.807, 2.05) is 4.90 Å². The van der Waals surface area contributed by atoms with E-state index in [1.165, 1.54) is 10.9 Å². The number of aromatic nitrogens is 4. The summed E-state index contributed by atoms with van der Waals surface area (Å²) in [5, 5.41) is 19.0. The molecule has 11 heteroatoms. The molecule has 0 saturated carbocycles. The number of imidazole rings is 1. The van der Waals surface area contributed by atoms with E-state index in [0.29, 0.717) is 43.3 Å². The Morgan fingerprint density at radius 2 is 2.08 bits per heavy atom. The Balaban J connectivity index is 1.75. The fourth-order valence-corrected chi connectivity index (χ4v) is 3.30. The molecule has 2 aliphatic rings. The van der Waals surface area contributed by atoms with E-state index in [2.05, 4.69) is 15.0 Å². The second-order valence-corrected chi connectivity index (χ2v) is 6.26. The third kappa shape index (κ3) is 2.83. The molecule has 9 nitrogen and oxygen atoms in total. The molecule has 0 bridgehead atoms. The van der Waals surface area contributed by atoms with E-state index in [9.17, 15) is 14.6 Å². The molecular weight excluding hydrogens is 357 g/mol. The second-order valence-electron chi connectivity index (χ2n) is 5.92. The van der Waals surface area contributed by atoms with Crippen LogP contribution < -0.4 is 4.90 Å². The van der Waals surface area contributed by atoms with Crippen molar-refractivity contribution in [3.8, 4) is 0 Å². The first-order valence-corrected chi connectivity index (χ1v) is 8.29. The highest BCUT2D eigenvalue weighted by atomic mass is 35.5. The molecule has 25 heavy (non-hydrogen) atoms. The fourth-order valence-electron chi connectivity index (χ4n) is 3.14. The van der Waals surface area contributed by atoms with Crippen molar-refractivity contribution in [2.75, 3.05) is 37.8 Å². The van der Waals surface area contributed by atoms with Crippen molar-refractivity contribution in [3.63, 3.8) is 0 Å². The molecule has 0 aliphatic carbocycles. The van der Waals surface area contributed by atoms with Gasteiger partial charge in [0.05, 0.1) is 26.1 Å². The molecule has 2 aromatic rings. The van der Waals surface area contributed by atoms with E-state index < -0.39 is 31.2 Å². The van der Waals surface area contributed by atoms with Gasteiger partial charge in [0.25, 0.3) is 0 Å². The highest BCUT2D eigenvalue weighted by Crippen LogP contribution is 2.35. The first-order chi connectivity index (χ1) is 12.1. The third-order valence-corrected chi connectivity index (χ3v) is 4.60. The molecule has 4 rings (SSSR count). The molecule has 2 aromatic heterocycles. The van der Waals surface area contributed by atoms with E-state index in [4.69, 9.17) is 21.1 Å². The van der Waals surface area contributed by atoms with Crippen LogP contribution in [-0.2, 0) is 9.47 Å². The van der Waals surface area contributed by atoms with E-state index in [-0.39, 0.29) is 5.28 Å². The number of aliphatic hydroxyl groups excluding tert-OH is 2. The van der Waals surface area contributed by atoms with Crippen LogP contribution in [0.3, 0.4) is 0 Å². The summed E-state index contributed by atoms with van der Waals surface area (Å²) in [5.74, 6) is 0.546. The standard InChI is InChI=1S/C14H17ClFN5O4/c15-14-18-11(20-1-3-24-4-2-20)9-12(19-14)21(6-17-9)13-8(16)10(23)7(5-22)25-13/h6-8,10,13,22-23H,1-5H2/t7-,8+,10-,13-/m1/s1. The van der Waals surface area contributed by atoms with Crippen LogP contribution >= 0.6 is 11.6 Å². The highest BCUT2D eigenvalue weighted by molar-refractivity contribution is 6.28. The first kappa shape index (κ1) is 16.9. The van der Waals surface area contributed by atoms with Crippen molar-refractivity contribution in [2.45, 2.75) is 24.6 Å². The summed E-state index contributed by atoms with van der Waals surface area (Å²) >= 11 is 6.05. The molecular formula is C14H17ClFN5O4. The summed E-state index contributed by atoms with van der Waals surface area (Å²) < 4.78 is 26.6. The van der Waals surface area contributed by atoms with E-state index in [0.717, 1.165) is 0 Å². The lowest BCUT2D eigenvalue weighted by molar-refractivity contribution is -0.0459. The van der Waals surface area contributed by atoms with Gasteiger partial charge >= 0.3 is 0 Å². The monoisotopic (exact) mass is 373 g/mol. The predicted molar refractivity (Wildman–Crippen MR) is 85.3 cm³/mol. The Labute approximate surface area is 147 Å². The molecule has 2 fully saturated rings. The van der Waals surface area contributed by atoms with Crippen LogP contribution in [0, 0.1) is 0 Å². The first-order valence-electron chi connectivity index (χ1n) is 7.91. The van der Waals surface area contributed by atoms with Crippen molar-refractivity contribution in [1.29, 1.82) is 0 Å². The van der Waals surface area contributed by atoms with Gasteiger partial charge in [-0.3, -0.25) is 4.57 Å². The molecule has 2 N–H and O–H groups in total. The molecule has 0 amide bonds. The number of hydrogen-bond acceptors (Lipinski definition) is 8. The zero-order valence-electron chi connectivity index (χ0n) is 13.1. The summed E-state index contributed by atoms with van der Waals surface area (Å²) in [6, 6.07) is 0. The maximum Gasteiger partial charge on any atom is 0.226 e. The normalized spacial score (nSPS) is 30.3. The van der Waals surface area contributed by atoms with Crippen LogP contribution in [0.1, 0.15) is 6.23 Å². The third-order valence-electron chi connectivity index (χ3n) is 4.43. The molecule has 2 aliphatic heterocycles. The number of alkyl halides is 1. The van der Waals surface area contributed by atoms with Crippen LogP contribution in [0.5, 0.6) is 0 Å². The molecule has 0 aromatic carbocycles. The minimum Gasteiger partial charge on any atom is -0.394 e. The highest BCUT2D eigenvalue weighted by Gasteiger charge is 2.45. The maximum absolute atomic E-state index is 14.4. The quantitative estimate of drug-likeness (QED) is 0.719. The fraction of sp³-hybridized carbons (Fsp3) is 0.643. The van der Waals surface area contributed by atoms with Crippen LogP contribution in [0.25, 0.3) is 11.2 Å². The molecule has 0 spiro atoms. The van der Waals surface area contributed by atoms with Crippen molar-refractivity contribution < 1.29 is 24.1 Å². The number of hydrogen-bond donors (Lipinski definition) is 2. The smallest absolute Gasteiger partial charge is 0.226 e. The van der Waals surface area contributed by atoms with Gasteiger partial charge in [-0.05, 0) is 11.6 Å². The molecule has 0 radical (unpaired) electrons. The van der Waals surface area contributed by atoms with Gasteiger partial charge in [0.15, 0.2) is 29.4 Å². The Bertz CT molecular complexity index is 771. The summed E-state index contributed by atoms with van der Waals surface area (Å²) in [5.41, 5.74) is 0.768. The zero-order chi connectivity index (χ0) is 17.6. The molecule has 4 atom stereocenters. The van der Waals surface area contributed by atoms with Crippen molar-refractivity contribution in [2.24, 2.45) is 0 Å². The van der Waals surface area contributed by atoms with Crippen LogP contribution in [0.2, 0.25) is 5.28 Å². The number of ether oxygens (including phenoxy) is 2. The molecule has 136 valence electrons. The van der Waals surface area contributed by atoms with Crippen LogP contribution in [-0.4, -0.2) is 81.0 Å². The van der Waals surface area contributed by atoms with Gasteiger partial charge in [-0.15, -0.1) is 0 Å². The number of morpholine rings is 1. The summed E-state index contributed by atoms with van der Waals surface area (Å²) in [6.45, 7) is 1.90. The average molecular weight is 374 g/mol. The zero-order valence-corrected chi connectivity index (χ0v) is 13.9. The van der Waals surface area contributed by atoms with Gasteiger partial charge < -0.3 is 24.6 Å². The Kier molecular flexibility index (Phi) is 4.46. The lowest BCUT2D eigenvalue weighted by Crippen LogP contribution is -2.37. The molecule has 0 unspecified atom stereocenters. The van der Waals surface area contributed by atoms with Crippen molar-refractivity contribution in [1.82, 2.24) is 19.5 Å². The van der Waals surface area contributed by atoms with Crippen molar-refractivity contribution in [3.05, 3.63) is 11.6 Å². The SMILES string of the molecule is OC[C@H]1O[C@@H](n2cnc3c(N4CCOCC4)nc(Cl)nc32)[C@@H](F)[C@@H]1O. The van der Waals surface area contributed by atoms with Crippen molar-refractivity contribution >= 4 is 28.6 Å². The minimum absolute atomic E-state index is 0.00315. The minimum atomic E-state index is -1.73. The lowest BCUT2D eigenvalue weighted by atomic mass is 10.1. The predicted octanol–water partition coefficient (Wildman–Crippen LogP) is -0.0950. The van der Waals surface area contributed by atoms with E-state index in [1.54, 1.807) is 0 Å². The summed E-state index contributed by atoms with van der Waals surface area (Å²) in [7, 11) is 0. The average Bonchev–Trinajstić information content (AvgIpc) is 3.16. The van der Waals surface area contributed by atoms with Gasteiger partial charge in [-0.2, -0.15) is 9.97 Å². The van der Waals surface area contributed by atoms with Gasteiger partial charge in [0.1, 0.15) is 12.2 Å². The van der Waals surface area contributed by atoms with Gasteiger partial charge in [0, 0.05) is 13.1 Å². The number of aliphatic hydroxyl groups is 2. The number of rotatable bonds is 3.